The first-order valence-electron chi connectivity index (χ1n) is 3.14. The van der Waals surface area contributed by atoms with Crippen molar-refractivity contribution in [3.8, 4) is 0 Å². The van der Waals surface area contributed by atoms with Crippen LogP contribution in [0.1, 0.15) is 20.7 Å². The van der Waals surface area contributed by atoms with Gasteiger partial charge in [-0.15, -0.1) is 0 Å². The van der Waals surface area contributed by atoms with E-state index >= 15 is 0 Å². The summed E-state index contributed by atoms with van der Waals surface area (Å²) in [7, 11) is 0. The zero-order valence-electron chi connectivity index (χ0n) is 7.74. The van der Waals surface area contributed by atoms with Crippen molar-refractivity contribution in [3.05, 3.63) is 35.4 Å². The molecule has 0 atom stereocenters. The zero-order valence-corrected chi connectivity index (χ0v) is 8.69. The molecule has 8 heteroatoms. The molecule has 0 aromatic heterocycles. The van der Waals surface area contributed by atoms with Gasteiger partial charge in [-0.2, -0.15) is 0 Å². The maximum atomic E-state index is 10.2. The molecule has 7 nitrogen and oxygen atoms in total. The fraction of sp³-hybridized carbons (Fsp3) is 0. The SMILES string of the molecule is O.O.O.O=C([O-])c1ccc(C(=O)[O-])cc1.[Cu+2]. The van der Waals surface area contributed by atoms with Gasteiger partial charge in [0.25, 0.3) is 0 Å². The average molecular weight is 282 g/mol. The number of carbonyl (C=O) groups is 2. The van der Waals surface area contributed by atoms with E-state index in [1.807, 2.05) is 0 Å². The molecule has 1 aromatic rings. The number of hydrogen-bond acceptors (Lipinski definition) is 4. The van der Waals surface area contributed by atoms with Crippen molar-refractivity contribution in [2.24, 2.45) is 0 Å². The van der Waals surface area contributed by atoms with Crippen LogP contribution < -0.4 is 10.2 Å². The Morgan fingerprint density at radius 1 is 0.750 bits per heavy atom. The summed E-state index contributed by atoms with van der Waals surface area (Å²) in [6.45, 7) is 0. The molecule has 0 amide bonds. The number of carbonyl (C=O) groups excluding carboxylic acids is 2. The summed E-state index contributed by atoms with van der Waals surface area (Å²) < 4.78 is 0. The van der Waals surface area contributed by atoms with Gasteiger partial charge in [0.05, 0.1) is 11.9 Å². The van der Waals surface area contributed by atoms with Crippen molar-refractivity contribution in [2.45, 2.75) is 0 Å². The fourth-order valence-electron chi connectivity index (χ4n) is 0.742. The Morgan fingerprint density at radius 3 is 1.06 bits per heavy atom. The molecular formula is C8H10CuO7. The second-order valence-corrected chi connectivity index (χ2v) is 2.15. The van der Waals surface area contributed by atoms with Crippen LogP contribution in [0.5, 0.6) is 0 Å². The van der Waals surface area contributed by atoms with Crippen molar-refractivity contribution >= 4 is 11.9 Å². The molecule has 6 N–H and O–H groups in total. The topological polar surface area (TPSA) is 175 Å². The van der Waals surface area contributed by atoms with E-state index < -0.39 is 11.9 Å². The van der Waals surface area contributed by atoms with Crippen molar-refractivity contribution in [2.75, 3.05) is 0 Å². The third-order valence-corrected chi connectivity index (χ3v) is 1.36. The van der Waals surface area contributed by atoms with Crippen LogP contribution in [-0.2, 0) is 17.1 Å². The first-order chi connectivity index (χ1) is 5.61. The van der Waals surface area contributed by atoms with Crippen LogP contribution in [-0.4, -0.2) is 28.4 Å². The number of aromatic carboxylic acids is 2. The molecule has 1 aromatic carbocycles. The molecule has 0 saturated carbocycles. The summed E-state index contributed by atoms with van der Waals surface area (Å²) >= 11 is 0. The van der Waals surface area contributed by atoms with E-state index in [9.17, 15) is 19.8 Å². The third-order valence-electron chi connectivity index (χ3n) is 1.36. The minimum Gasteiger partial charge on any atom is -0.545 e. The van der Waals surface area contributed by atoms with Crippen LogP contribution in [0.4, 0.5) is 0 Å². The fourth-order valence-corrected chi connectivity index (χ4v) is 0.742. The normalized spacial score (nSPS) is 7.00. The minimum atomic E-state index is -1.33. The predicted molar refractivity (Wildman–Crippen MR) is 45.9 cm³/mol. The van der Waals surface area contributed by atoms with E-state index in [1.54, 1.807) is 0 Å². The molecule has 95 valence electrons. The van der Waals surface area contributed by atoms with Crippen LogP contribution >= 0.6 is 0 Å². The second-order valence-electron chi connectivity index (χ2n) is 2.15. The van der Waals surface area contributed by atoms with E-state index in [1.165, 1.54) is 0 Å². The van der Waals surface area contributed by atoms with Gasteiger partial charge in [-0.05, 0) is 11.1 Å². The summed E-state index contributed by atoms with van der Waals surface area (Å²) in [5.74, 6) is -2.67. The van der Waals surface area contributed by atoms with Gasteiger partial charge < -0.3 is 36.2 Å². The number of hydrogen-bond donors (Lipinski definition) is 0. The van der Waals surface area contributed by atoms with Crippen LogP contribution in [0.2, 0.25) is 0 Å². The monoisotopic (exact) mass is 281 g/mol. The summed E-state index contributed by atoms with van der Waals surface area (Å²) in [5.41, 5.74) is -0.111. The van der Waals surface area contributed by atoms with Gasteiger partial charge >= 0.3 is 17.1 Å². The van der Waals surface area contributed by atoms with E-state index in [0.29, 0.717) is 0 Å². The molecule has 0 unspecified atom stereocenters. The first-order valence-corrected chi connectivity index (χ1v) is 3.14. The van der Waals surface area contributed by atoms with Gasteiger partial charge in [0.1, 0.15) is 0 Å². The Balaban J connectivity index is -0.000000180. The molecule has 0 aliphatic rings. The summed E-state index contributed by atoms with van der Waals surface area (Å²) in [4.78, 5) is 20.4. The number of carboxylic acids is 2. The molecule has 0 spiro atoms. The molecule has 1 rings (SSSR count). The van der Waals surface area contributed by atoms with Crippen molar-refractivity contribution < 1.29 is 53.3 Å². The van der Waals surface area contributed by atoms with Crippen LogP contribution in [0.15, 0.2) is 24.3 Å². The number of carboxylic acid groups (broad SMARTS) is 2. The number of rotatable bonds is 2. The second kappa shape index (κ2) is 10.1. The van der Waals surface area contributed by atoms with Crippen LogP contribution in [0.3, 0.4) is 0 Å². The quantitative estimate of drug-likeness (QED) is 0.501. The molecule has 0 aliphatic heterocycles. The van der Waals surface area contributed by atoms with E-state index in [2.05, 4.69) is 0 Å². The third kappa shape index (κ3) is 6.12. The maximum absolute atomic E-state index is 10.2. The minimum absolute atomic E-state index is 0. The Labute approximate surface area is 101 Å². The van der Waals surface area contributed by atoms with E-state index in [-0.39, 0.29) is 44.6 Å². The first kappa shape index (κ1) is 24.0. The molecule has 0 bridgehead atoms. The Kier molecular flexibility index (Phi) is 15.1. The Morgan fingerprint density at radius 2 is 0.938 bits per heavy atom. The van der Waals surface area contributed by atoms with Crippen molar-refractivity contribution in [3.63, 3.8) is 0 Å². The predicted octanol–water partition coefficient (Wildman–Crippen LogP) is -4.06. The molecule has 1 radical (unpaired) electrons. The van der Waals surface area contributed by atoms with Gasteiger partial charge in [-0.25, -0.2) is 0 Å². The summed E-state index contributed by atoms with van der Waals surface area (Å²) in [6, 6.07) is 4.61. The Bertz CT molecular complexity index is 289. The van der Waals surface area contributed by atoms with Crippen molar-refractivity contribution in [1.82, 2.24) is 0 Å². The molecule has 0 heterocycles. The standard InChI is InChI=1S/C8H6O4.Cu.3H2O/c9-7(10)5-1-2-6(4-3-5)8(11)12;;;;/h1-4H,(H,9,10)(H,11,12);;3*1H2/q;+2;;;/p-2. The summed E-state index contributed by atoms with van der Waals surface area (Å²) in [6.07, 6.45) is 0. The van der Waals surface area contributed by atoms with Crippen LogP contribution in [0.25, 0.3) is 0 Å². The van der Waals surface area contributed by atoms with Gasteiger partial charge in [-0.3, -0.25) is 0 Å². The molecular weight excluding hydrogens is 272 g/mol. The molecule has 0 aliphatic carbocycles. The zero-order chi connectivity index (χ0) is 9.14. The van der Waals surface area contributed by atoms with Gasteiger partial charge in [0.2, 0.25) is 0 Å². The van der Waals surface area contributed by atoms with E-state index in [0.717, 1.165) is 24.3 Å². The summed E-state index contributed by atoms with van der Waals surface area (Å²) in [5, 5.41) is 20.4. The van der Waals surface area contributed by atoms with Crippen molar-refractivity contribution in [1.29, 1.82) is 0 Å². The smallest absolute Gasteiger partial charge is 0.545 e. The average Bonchev–Trinajstić information content (AvgIpc) is 2.04. The van der Waals surface area contributed by atoms with Crippen LogP contribution in [0, 0.1) is 0 Å². The molecule has 0 fully saturated rings. The molecule has 16 heavy (non-hydrogen) atoms. The van der Waals surface area contributed by atoms with E-state index in [4.69, 9.17) is 0 Å². The Hall–Kier alpha value is -1.44. The van der Waals surface area contributed by atoms with Gasteiger partial charge in [0, 0.05) is 0 Å². The largest absolute Gasteiger partial charge is 2.00 e. The number of benzene rings is 1. The molecule has 0 saturated heterocycles. The van der Waals surface area contributed by atoms with Gasteiger partial charge in [0.15, 0.2) is 0 Å². The maximum Gasteiger partial charge on any atom is 2.00 e. The van der Waals surface area contributed by atoms with Gasteiger partial charge in [-0.1, -0.05) is 24.3 Å².